The number of amides is 1. The number of likely N-dealkylation sites (N-methyl/N-ethyl adjacent to an activating group) is 1. The van der Waals surface area contributed by atoms with Crippen LogP contribution in [0.15, 0.2) is 59.5 Å². The predicted octanol–water partition coefficient (Wildman–Crippen LogP) is 4.49. The highest BCUT2D eigenvalue weighted by Crippen LogP contribution is 2.33. The molecule has 0 aliphatic carbocycles. The van der Waals surface area contributed by atoms with Crippen molar-refractivity contribution in [3.05, 3.63) is 65.1 Å². The third-order valence-corrected chi connectivity index (χ3v) is 7.68. The minimum absolute atomic E-state index is 0.0867. The number of aromatic nitrogens is 3. The number of piperidine rings is 1. The Hall–Kier alpha value is -4.19. The van der Waals surface area contributed by atoms with Gasteiger partial charge in [-0.1, -0.05) is 30.3 Å². The Morgan fingerprint density at radius 2 is 1.79 bits per heavy atom. The molecule has 1 amide bonds. The second kappa shape index (κ2) is 12.0. The number of nitrogens with one attached hydrogen (secondary N) is 1. The summed E-state index contributed by atoms with van der Waals surface area (Å²) in [5.41, 5.74) is 1.61. The molecule has 4 aromatic rings. The van der Waals surface area contributed by atoms with Crippen molar-refractivity contribution in [2.24, 2.45) is 5.92 Å². The number of ether oxygens (including phenoxy) is 1. The maximum atomic E-state index is 14.1. The molecule has 42 heavy (non-hydrogen) atoms. The van der Waals surface area contributed by atoms with Crippen molar-refractivity contribution in [3.63, 3.8) is 0 Å². The van der Waals surface area contributed by atoms with E-state index in [9.17, 15) is 27.6 Å². The van der Waals surface area contributed by atoms with Crippen molar-refractivity contribution in [1.29, 1.82) is 0 Å². The molecule has 1 N–H and O–H groups in total. The number of esters is 1. The van der Waals surface area contributed by atoms with E-state index in [0.29, 0.717) is 34.0 Å². The highest BCUT2D eigenvalue weighted by Gasteiger charge is 2.44. The van der Waals surface area contributed by atoms with Gasteiger partial charge in [0.1, 0.15) is 5.69 Å². The fourth-order valence-electron chi connectivity index (χ4n) is 5.56. The molecular weight excluding hydrogens is 551 g/mol. The lowest BCUT2D eigenvalue weighted by molar-refractivity contribution is -0.210. The lowest BCUT2D eigenvalue weighted by Gasteiger charge is -2.26. The summed E-state index contributed by atoms with van der Waals surface area (Å²) in [4.78, 5) is 45.5. The number of hydrogen-bond acceptors (Lipinski definition) is 6. The van der Waals surface area contributed by atoms with Gasteiger partial charge in [0.2, 0.25) is 0 Å². The number of carbonyl (C=O) groups is 2. The van der Waals surface area contributed by atoms with E-state index in [2.05, 4.69) is 10.3 Å². The van der Waals surface area contributed by atoms with Crippen LogP contribution in [0.1, 0.15) is 32.9 Å². The number of fused-ring (bicyclic) bond motifs is 2. The van der Waals surface area contributed by atoms with E-state index < -0.39 is 24.3 Å². The molecule has 0 radical (unpaired) electrons. The average Bonchev–Trinajstić information content (AvgIpc) is 3.36. The first-order valence-electron chi connectivity index (χ1n) is 14.0. The van der Waals surface area contributed by atoms with Gasteiger partial charge in [-0.2, -0.15) is 13.2 Å². The molecule has 1 fully saturated rings. The van der Waals surface area contributed by atoms with Crippen molar-refractivity contribution in [1.82, 2.24) is 24.3 Å². The Morgan fingerprint density at radius 3 is 2.45 bits per heavy atom. The minimum Gasteiger partial charge on any atom is -0.425 e. The lowest BCUT2D eigenvalue weighted by Crippen LogP contribution is -2.41. The van der Waals surface area contributed by atoms with Gasteiger partial charge in [0.05, 0.1) is 16.6 Å². The van der Waals surface area contributed by atoms with Crippen LogP contribution < -0.4 is 10.9 Å². The molecule has 12 heteroatoms. The number of para-hydroxylation sites is 3. The van der Waals surface area contributed by atoms with Gasteiger partial charge in [0.25, 0.3) is 17.7 Å². The van der Waals surface area contributed by atoms with Crippen molar-refractivity contribution in [3.8, 4) is 11.3 Å². The fraction of sp³-hybridized carbons (Fsp3) is 0.400. The highest BCUT2D eigenvalue weighted by molar-refractivity contribution is 5.97. The van der Waals surface area contributed by atoms with Gasteiger partial charge in [-0.25, -0.2) is 9.78 Å². The number of benzene rings is 2. The molecule has 3 heterocycles. The van der Waals surface area contributed by atoms with Gasteiger partial charge in [-0.3, -0.25) is 9.59 Å². The quantitative estimate of drug-likeness (QED) is 0.307. The van der Waals surface area contributed by atoms with Crippen molar-refractivity contribution in [2.75, 3.05) is 26.2 Å². The summed E-state index contributed by atoms with van der Waals surface area (Å²) >= 11 is 0. The average molecular weight is 584 g/mol. The molecule has 1 aliphatic rings. The molecule has 0 bridgehead atoms. The van der Waals surface area contributed by atoms with Crippen LogP contribution in [0.25, 0.3) is 33.2 Å². The summed E-state index contributed by atoms with van der Waals surface area (Å²) in [7, 11) is 0. The van der Waals surface area contributed by atoms with E-state index in [1.54, 1.807) is 48.7 Å². The number of halogens is 3. The van der Waals surface area contributed by atoms with Crippen LogP contribution in [0.3, 0.4) is 0 Å². The van der Waals surface area contributed by atoms with Crippen LogP contribution in [0.4, 0.5) is 13.2 Å². The molecule has 2 unspecified atom stereocenters. The second-order valence-corrected chi connectivity index (χ2v) is 10.3. The molecule has 222 valence electrons. The maximum absolute atomic E-state index is 14.1. The first-order chi connectivity index (χ1) is 20.1. The first kappa shape index (κ1) is 29.3. The van der Waals surface area contributed by atoms with Crippen LogP contribution in [0.2, 0.25) is 0 Å². The third kappa shape index (κ3) is 5.63. The monoisotopic (exact) mass is 583 g/mol. The highest BCUT2D eigenvalue weighted by atomic mass is 19.4. The van der Waals surface area contributed by atoms with Gasteiger partial charge in [0, 0.05) is 36.8 Å². The molecule has 1 aliphatic heterocycles. The zero-order chi connectivity index (χ0) is 30.0. The summed E-state index contributed by atoms with van der Waals surface area (Å²) in [6, 6.07) is 13.9. The minimum atomic E-state index is -5.31. The Bertz CT molecular complexity index is 1670. The summed E-state index contributed by atoms with van der Waals surface area (Å²) in [6.45, 7) is 5.89. The number of nitrogens with zero attached hydrogens (tertiary/aromatic N) is 4. The van der Waals surface area contributed by atoms with E-state index in [-0.39, 0.29) is 30.3 Å². The van der Waals surface area contributed by atoms with E-state index >= 15 is 0 Å². The number of carbonyl (C=O) groups excluding carboxylic acids is 2. The normalized spacial score (nSPS) is 16.5. The Balaban J connectivity index is 1.70. The Labute approximate surface area is 239 Å². The smallest absolute Gasteiger partial charge is 0.425 e. The molecule has 2 aromatic heterocycles. The van der Waals surface area contributed by atoms with E-state index in [1.807, 2.05) is 18.2 Å². The van der Waals surface area contributed by atoms with Crippen molar-refractivity contribution >= 4 is 33.8 Å². The van der Waals surface area contributed by atoms with Gasteiger partial charge in [0.15, 0.2) is 0 Å². The Kier molecular flexibility index (Phi) is 8.35. The largest absolute Gasteiger partial charge is 0.491 e. The summed E-state index contributed by atoms with van der Waals surface area (Å²) in [5.74, 6) is -3.08. The summed E-state index contributed by atoms with van der Waals surface area (Å²) < 4.78 is 47.6. The third-order valence-electron chi connectivity index (χ3n) is 7.68. The summed E-state index contributed by atoms with van der Waals surface area (Å²) in [5, 5.41) is 3.85. The van der Waals surface area contributed by atoms with E-state index in [4.69, 9.17) is 4.74 Å². The van der Waals surface area contributed by atoms with Crippen LogP contribution >= 0.6 is 0 Å². The van der Waals surface area contributed by atoms with Crippen molar-refractivity contribution in [2.45, 2.75) is 45.6 Å². The standard InChI is InChI=1S/C30H32F3N5O4/c1-3-36(4-2)27(40)28(42-29(41)30(31,32)33)38-18-21(20-11-5-7-13-23(20)38)25-26(39)37(17-19-10-9-15-34-16-19)24-14-8-6-12-22(24)35-25/h5-8,11-14,18-19,28,34H,3-4,9-10,15-17H2,1-2H3. The van der Waals surface area contributed by atoms with Crippen molar-refractivity contribution < 1.29 is 27.5 Å². The van der Waals surface area contributed by atoms with Gasteiger partial charge in [-0.05, 0) is 63.9 Å². The van der Waals surface area contributed by atoms with Crippen LogP contribution in [0, 0.1) is 5.92 Å². The number of alkyl halides is 3. The van der Waals surface area contributed by atoms with Crippen LogP contribution in [-0.2, 0) is 20.9 Å². The molecule has 5 rings (SSSR count). The molecule has 2 atom stereocenters. The van der Waals surface area contributed by atoms with Crippen LogP contribution in [-0.4, -0.2) is 63.2 Å². The SMILES string of the molecule is CCN(CC)C(=O)C(OC(=O)C(F)(F)F)n1cc(-c2nc3ccccc3n(CC3CCCNC3)c2=O)c2ccccc21. The maximum Gasteiger partial charge on any atom is 0.491 e. The molecule has 9 nitrogen and oxygen atoms in total. The number of hydrogen-bond donors (Lipinski definition) is 1. The number of rotatable bonds is 8. The first-order valence-corrected chi connectivity index (χ1v) is 14.0. The fourth-order valence-corrected chi connectivity index (χ4v) is 5.56. The van der Waals surface area contributed by atoms with Gasteiger partial charge in [-0.15, -0.1) is 0 Å². The van der Waals surface area contributed by atoms with Crippen LogP contribution in [0.5, 0.6) is 0 Å². The zero-order valence-electron chi connectivity index (χ0n) is 23.4. The van der Waals surface area contributed by atoms with E-state index in [0.717, 1.165) is 25.9 Å². The lowest BCUT2D eigenvalue weighted by atomic mass is 9.99. The topological polar surface area (TPSA) is 98.5 Å². The van der Waals surface area contributed by atoms with Gasteiger partial charge < -0.3 is 24.1 Å². The second-order valence-electron chi connectivity index (χ2n) is 10.3. The predicted molar refractivity (Wildman–Crippen MR) is 152 cm³/mol. The van der Waals surface area contributed by atoms with Gasteiger partial charge >= 0.3 is 12.1 Å². The molecule has 1 saturated heterocycles. The molecular formula is C30H32F3N5O4. The zero-order valence-corrected chi connectivity index (χ0v) is 23.4. The molecule has 0 saturated carbocycles. The molecule has 0 spiro atoms. The summed E-state index contributed by atoms with van der Waals surface area (Å²) in [6.07, 6.45) is -3.92. The van der Waals surface area contributed by atoms with E-state index in [1.165, 1.54) is 15.7 Å². The molecule has 2 aromatic carbocycles. The Morgan fingerprint density at radius 1 is 1.10 bits per heavy atom.